The van der Waals surface area contributed by atoms with Crippen LogP contribution in [0.5, 0.6) is 0 Å². The van der Waals surface area contributed by atoms with Crippen LogP contribution in [-0.2, 0) is 9.59 Å². The smallest absolute Gasteiger partial charge is 0.335 e. The molecular weight excluding hydrogens is 422 g/mol. The number of nitrogens with zero attached hydrogens (tertiary/aromatic N) is 2. The van der Waals surface area contributed by atoms with Crippen molar-refractivity contribution in [1.82, 2.24) is 14.8 Å². The zero-order chi connectivity index (χ0) is 22.4. The van der Waals surface area contributed by atoms with Crippen LogP contribution in [0.25, 0.3) is 10.9 Å². The van der Waals surface area contributed by atoms with E-state index < -0.39 is 35.7 Å². The molecule has 0 saturated carbocycles. The first-order chi connectivity index (χ1) is 14.7. The minimum atomic E-state index is -1.25. The summed E-state index contributed by atoms with van der Waals surface area (Å²) in [5, 5.41) is 10.3. The molecule has 2 aromatic carbocycles. The van der Waals surface area contributed by atoms with Crippen molar-refractivity contribution < 1.29 is 24.3 Å². The number of carboxylic acid groups (broad SMARTS) is 1. The second-order valence-corrected chi connectivity index (χ2v) is 7.77. The van der Waals surface area contributed by atoms with Gasteiger partial charge in [-0.05, 0) is 35.4 Å². The van der Waals surface area contributed by atoms with Crippen molar-refractivity contribution in [3.05, 3.63) is 70.4 Å². The first kappa shape index (κ1) is 20.6. The molecule has 9 heteroatoms. The minimum Gasteiger partial charge on any atom is -0.478 e. The number of imide groups is 2. The van der Waals surface area contributed by atoms with Crippen molar-refractivity contribution in [2.24, 2.45) is 5.92 Å². The van der Waals surface area contributed by atoms with Crippen molar-refractivity contribution in [1.29, 1.82) is 0 Å². The Morgan fingerprint density at radius 3 is 2.29 bits per heavy atom. The van der Waals surface area contributed by atoms with Gasteiger partial charge in [0.2, 0.25) is 11.8 Å². The molecule has 1 aromatic heterocycles. The molecule has 1 aliphatic rings. The van der Waals surface area contributed by atoms with E-state index in [4.69, 9.17) is 11.6 Å². The Bertz CT molecular complexity index is 1230. The van der Waals surface area contributed by atoms with E-state index in [1.165, 1.54) is 26.2 Å². The van der Waals surface area contributed by atoms with Crippen LogP contribution >= 0.6 is 11.6 Å². The maximum atomic E-state index is 13.1. The Hall–Kier alpha value is -3.65. The summed E-state index contributed by atoms with van der Waals surface area (Å²) in [7, 11) is 2.64. The van der Waals surface area contributed by atoms with Crippen molar-refractivity contribution in [2.75, 3.05) is 14.1 Å². The first-order valence-electron chi connectivity index (χ1n) is 9.40. The summed E-state index contributed by atoms with van der Waals surface area (Å²) >= 11 is 6.46. The van der Waals surface area contributed by atoms with Gasteiger partial charge in [-0.3, -0.25) is 19.4 Å². The lowest BCUT2D eigenvalue weighted by Crippen LogP contribution is -2.58. The van der Waals surface area contributed by atoms with Gasteiger partial charge >= 0.3 is 12.0 Å². The average Bonchev–Trinajstić information content (AvgIpc) is 3.17. The van der Waals surface area contributed by atoms with Crippen LogP contribution < -0.4 is 0 Å². The number of barbiturate groups is 1. The number of H-pyrrole nitrogens is 1. The molecule has 1 fully saturated rings. The molecule has 1 atom stereocenters. The largest absolute Gasteiger partial charge is 0.478 e. The maximum Gasteiger partial charge on any atom is 0.335 e. The summed E-state index contributed by atoms with van der Waals surface area (Å²) in [5.74, 6) is -4.49. The standard InChI is InChI=1S/C22H18ClN3O5/c1-25-19(27)18(20(28)26(2)22(25)31)17(12-5-3-4-6-15(12)23)14-10-24-16-8-7-11(21(29)30)9-13(14)16/h3-10,17-18,24H,1-2H3,(H,29,30). The highest BCUT2D eigenvalue weighted by molar-refractivity contribution is 6.31. The third-order valence-corrected chi connectivity index (χ3v) is 5.98. The topological polar surface area (TPSA) is 111 Å². The highest BCUT2D eigenvalue weighted by atomic mass is 35.5. The molecule has 2 heterocycles. The summed E-state index contributed by atoms with van der Waals surface area (Å²) < 4.78 is 0. The Kier molecular flexibility index (Phi) is 5.02. The number of aromatic nitrogens is 1. The number of carbonyl (C=O) groups is 4. The lowest BCUT2D eigenvalue weighted by atomic mass is 9.78. The summed E-state index contributed by atoms with van der Waals surface area (Å²) in [5.41, 5.74) is 1.77. The first-order valence-corrected chi connectivity index (χ1v) is 9.78. The molecule has 158 valence electrons. The van der Waals surface area contributed by atoms with Gasteiger partial charge in [-0.1, -0.05) is 29.8 Å². The lowest BCUT2D eigenvalue weighted by Gasteiger charge is -2.37. The fourth-order valence-electron chi connectivity index (χ4n) is 4.01. The summed E-state index contributed by atoms with van der Waals surface area (Å²) in [6.45, 7) is 0. The molecule has 0 bridgehead atoms. The Labute approximate surface area is 182 Å². The maximum absolute atomic E-state index is 13.1. The van der Waals surface area contributed by atoms with Crippen molar-refractivity contribution in [3.8, 4) is 0 Å². The number of benzene rings is 2. The number of halogens is 1. The monoisotopic (exact) mass is 439 g/mol. The second-order valence-electron chi connectivity index (χ2n) is 7.36. The van der Waals surface area contributed by atoms with Gasteiger partial charge in [0.1, 0.15) is 5.92 Å². The molecule has 31 heavy (non-hydrogen) atoms. The number of rotatable bonds is 4. The van der Waals surface area contributed by atoms with E-state index in [1.54, 1.807) is 36.5 Å². The number of nitrogens with one attached hydrogen (secondary N) is 1. The fourth-order valence-corrected chi connectivity index (χ4v) is 4.26. The van der Waals surface area contributed by atoms with Gasteiger partial charge in [0, 0.05) is 42.1 Å². The highest BCUT2D eigenvalue weighted by Gasteiger charge is 2.48. The van der Waals surface area contributed by atoms with Crippen LogP contribution in [0.4, 0.5) is 4.79 Å². The van der Waals surface area contributed by atoms with Crippen LogP contribution in [-0.4, -0.2) is 57.8 Å². The van der Waals surface area contributed by atoms with Gasteiger partial charge in [0.15, 0.2) is 0 Å². The van der Waals surface area contributed by atoms with Crippen LogP contribution in [0.1, 0.15) is 27.4 Å². The van der Waals surface area contributed by atoms with Crippen LogP contribution in [0, 0.1) is 5.92 Å². The second kappa shape index (κ2) is 7.55. The number of hydrogen-bond acceptors (Lipinski definition) is 4. The SMILES string of the molecule is CN1C(=O)C(C(c2ccccc2Cl)c2c[nH]c3ccc(C(=O)O)cc23)C(=O)N(C)C1=O. The van der Waals surface area contributed by atoms with Gasteiger partial charge in [-0.2, -0.15) is 0 Å². The molecule has 0 radical (unpaired) electrons. The number of hydrogen-bond donors (Lipinski definition) is 2. The summed E-state index contributed by atoms with van der Waals surface area (Å²) in [4.78, 5) is 54.9. The molecule has 4 amide bonds. The number of carbonyl (C=O) groups excluding carboxylic acids is 3. The van der Waals surface area contributed by atoms with Crippen molar-refractivity contribution >= 4 is 46.3 Å². The molecule has 1 unspecified atom stereocenters. The summed E-state index contributed by atoms with van der Waals surface area (Å²) in [6.07, 6.45) is 1.64. The molecule has 4 rings (SSSR count). The molecule has 3 aromatic rings. The van der Waals surface area contributed by atoms with E-state index in [0.29, 0.717) is 27.1 Å². The molecular formula is C22H18ClN3O5. The molecule has 0 aliphatic carbocycles. The third-order valence-electron chi connectivity index (χ3n) is 5.64. The van der Waals surface area contributed by atoms with Gasteiger partial charge in [-0.15, -0.1) is 0 Å². The molecule has 1 saturated heterocycles. The van der Waals surface area contributed by atoms with Crippen LogP contribution in [0.15, 0.2) is 48.7 Å². The normalized spacial score (nSPS) is 16.3. The van der Waals surface area contributed by atoms with Gasteiger partial charge in [0.25, 0.3) is 0 Å². The zero-order valence-corrected chi connectivity index (χ0v) is 17.4. The minimum absolute atomic E-state index is 0.0666. The lowest BCUT2D eigenvalue weighted by molar-refractivity contribution is -0.148. The predicted molar refractivity (Wildman–Crippen MR) is 113 cm³/mol. The number of carboxylic acids is 1. The van der Waals surface area contributed by atoms with Gasteiger partial charge < -0.3 is 10.1 Å². The number of aromatic carboxylic acids is 1. The summed E-state index contributed by atoms with van der Waals surface area (Å²) in [6, 6.07) is 10.7. The Morgan fingerprint density at radius 2 is 1.68 bits per heavy atom. The van der Waals surface area contributed by atoms with E-state index in [1.807, 2.05) is 0 Å². The number of fused-ring (bicyclic) bond motifs is 1. The highest BCUT2D eigenvalue weighted by Crippen LogP contribution is 2.42. The Balaban J connectivity index is 1.99. The zero-order valence-electron chi connectivity index (χ0n) is 16.6. The van der Waals surface area contributed by atoms with E-state index in [9.17, 15) is 24.3 Å². The van der Waals surface area contributed by atoms with E-state index in [2.05, 4.69) is 4.98 Å². The third kappa shape index (κ3) is 3.25. The van der Waals surface area contributed by atoms with E-state index in [0.717, 1.165) is 9.80 Å². The van der Waals surface area contributed by atoms with E-state index >= 15 is 0 Å². The molecule has 8 nitrogen and oxygen atoms in total. The van der Waals surface area contributed by atoms with Crippen LogP contribution in [0.2, 0.25) is 5.02 Å². The molecule has 2 N–H and O–H groups in total. The van der Waals surface area contributed by atoms with Crippen LogP contribution in [0.3, 0.4) is 0 Å². The van der Waals surface area contributed by atoms with Crippen molar-refractivity contribution in [2.45, 2.75) is 5.92 Å². The van der Waals surface area contributed by atoms with Gasteiger partial charge in [-0.25, -0.2) is 9.59 Å². The molecule has 1 aliphatic heterocycles. The number of aromatic amines is 1. The quantitative estimate of drug-likeness (QED) is 0.606. The molecule has 0 spiro atoms. The van der Waals surface area contributed by atoms with Gasteiger partial charge in [0.05, 0.1) is 5.56 Å². The number of urea groups is 1. The van der Waals surface area contributed by atoms with Crippen molar-refractivity contribution in [3.63, 3.8) is 0 Å². The van der Waals surface area contributed by atoms with E-state index in [-0.39, 0.29) is 5.56 Å². The predicted octanol–water partition coefficient (Wildman–Crippen LogP) is 3.32. The fraction of sp³-hybridized carbons (Fsp3) is 0.182. The number of amides is 4. The Morgan fingerprint density at radius 1 is 1.03 bits per heavy atom. The average molecular weight is 440 g/mol.